The van der Waals surface area contributed by atoms with Crippen LogP contribution in [-0.4, -0.2) is 21.9 Å². The number of nitrogens with one attached hydrogen (secondary N) is 2. The zero-order valence-corrected chi connectivity index (χ0v) is 10.8. The molecular weight excluding hydrogens is 218 g/mol. The highest BCUT2D eigenvalue weighted by Crippen LogP contribution is 2.00. The molecule has 0 aliphatic heterocycles. The van der Waals surface area contributed by atoms with Gasteiger partial charge in [-0.15, -0.1) is 0 Å². The molecule has 0 aliphatic carbocycles. The van der Waals surface area contributed by atoms with Crippen LogP contribution in [0.4, 0.5) is 0 Å². The van der Waals surface area contributed by atoms with Gasteiger partial charge in [-0.05, 0) is 27.2 Å². The van der Waals surface area contributed by atoms with E-state index in [4.69, 9.17) is 0 Å². The molecular formula is C12H19N3O2. The number of aromatic amines is 1. The summed E-state index contributed by atoms with van der Waals surface area (Å²) in [5.41, 5.74) is 0.830. The molecule has 94 valence electrons. The van der Waals surface area contributed by atoms with Gasteiger partial charge in [0.25, 0.3) is 5.56 Å². The van der Waals surface area contributed by atoms with Crippen molar-refractivity contribution in [1.29, 1.82) is 0 Å². The van der Waals surface area contributed by atoms with E-state index in [0.29, 0.717) is 17.1 Å². The van der Waals surface area contributed by atoms with Gasteiger partial charge < -0.3 is 10.3 Å². The van der Waals surface area contributed by atoms with Crippen molar-refractivity contribution in [2.75, 3.05) is 0 Å². The van der Waals surface area contributed by atoms with E-state index in [2.05, 4.69) is 15.3 Å². The third-order valence-corrected chi connectivity index (χ3v) is 2.70. The summed E-state index contributed by atoms with van der Waals surface area (Å²) in [5, 5.41) is 2.83. The van der Waals surface area contributed by atoms with Crippen molar-refractivity contribution in [3.63, 3.8) is 0 Å². The molecule has 5 nitrogen and oxygen atoms in total. The SMILES string of the molecule is CC[C@H](C)NC(=O)Cc1c(C)nc(C)[nH]c1=O. The van der Waals surface area contributed by atoms with Crippen LogP contribution in [0.3, 0.4) is 0 Å². The molecule has 0 fully saturated rings. The topological polar surface area (TPSA) is 74.8 Å². The molecule has 1 heterocycles. The van der Waals surface area contributed by atoms with Gasteiger partial charge in [0.1, 0.15) is 5.82 Å². The first-order chi connectivity index (χ1) is 7.93. The van der Waals surface area contributed by atoms with E-state index in [1.165, 1.54) is 0 Å². The van der Waals surface area contributed by atoms with Gasteiger partial charge in [0.2, 0.25) is 5.91 Å². The third-order valence-electron chi connectivity index (χ3n) is 2.70. The zero-order valence-electron chi connectivity index (χ0n) is 10.8. The predicted octanol–water partition coefficient (Wildman–Crippen LogP) is 0.844. The highest BCUT2D eigenvalue weighted by Gasteiger charge is 2.12. The van der Waals surface area contributed by atoms with Crippen LogP contribution in [0, 0.1) is 13.8 Å². The number of hydrogen-bond acceptors (Lipinski definition) is 3. The van der Waals surface area contributed by atoms with Gasteiger partial charge in [0.15, 0.2) is 0 Å². The van der Waals surface area contributed by atoms with E-state index in [-0.39, 0.29) is 23.9 Å². The lowest BCUT2D eigenvalue weighted by Gasteiger charge is -2.11. The maximum Gasteiger partial charge on any atom is 0.254 e. The lowest BCUT2D eigenvalue weighted by atomic mass is 10.1. The van der Waals surface area contributed by atoms with E-state index in [1.807, 2.05) is 13.8 Å². The molecule has 0 aliphatic rings. The van der Waals surface area contributed by atoms with Crippen molar-refractivity contribution in [3.05, 3.63) is 27.4 Å². The van der Waals surface area contributed by atoms with Gasteiger partial charge in [-0.2, -0.15) is 0 Å². The third kappa shape index (κ3) is 3.69. The van der Waals surface area contributed by atoms with Crippen LogP contribution in [0.15, 0.2) is 4.79 Å². The van der Waals surface area contributed by atoms with Gasteiger partial charge in [0.05, 0.1) is 6.42 Å². The number of aromatic nitrogens is 2. The molecule has 0 bridgehead atoms. The quantitative estimate of drug-likeness (QED) is 0.815. The first-order valence-corrected chi connectivity index (χ1v) is 5.79. The fraction of sp³-hybridized carbons (Fsp3) is 0.583. The molecule has 1 aromatic rings. The number of hydrogen-bond donors (Lipinski definition) is 2. The van der Waals surface area contributed by atoms with Gasteiger partial charge in [0, 0.05) is 17.3 Å². The van der Waals surface area contributed by atoms with Crippen LogP contribution in [0.5, 0.6) is 0 Å². The maximum atomic E-state index is 11.7. The molecule has 2 N–H and O–H groups in total. The van der Waals surface area contributed by atoms with E-state index >= 15 is 0 Å². The number of aryl methyl sites for hydroxylation is 2. The molecule has 1 rings (SSSR count). The van der Waals surface area contributed by atoms with E-state index in [0.717, 1.165) is 6.42 Å². The van der Waals surface area contributed by atoms with Crippen molar-refractivity contribution in [2.45, 2.75) is 46.6 Å². The number of carbonyl (C=O) groups is 1. The van der Waals surface area contributed by atoms with Gasteiger partial charge in [-0.3, -0.25) is 9.59 Å². The van der Waals surface area contributed by atoms with Crippen molar-refractivity contribution < 1.29 is 4.79 Å². The summed E-state index contributed by atoms with van der Waals surface area (Å²) < 4.78 is 0. The van der Waals surface area contributed by atoms with Crippen LogP contribution in [0.25, 0.3) is 0 Å². The standard InChI is InChI=1S/C12H19N3O2/c1-5-7(2)13-11(16)6-10-8(3)14-9(4)15-12(10)17/h7H,5-6H2,1-4H3,(H,13,16)(H,14,15,17)/t7-/m0/s1. The van der Waals surface area contributed by atoms with Crippen molar-refractivity contribution >= 4 is 5.91 Å². The number of nitrogens with zero attached hydrogens (tertiary/aromatic N) is 1. The first-order valence-electron chi connectivity index (χ1n) is 5.79. The molecule has 0 spiro atoms. The minimum atomic E-state index is -0.227. The number of rotatable bonds is 4. The first kappa shape index (κ1) is 13.4. The highest BCUT2D eigenvalue weighted by molar-refractivity contribution is 5.78. The molecule has 0 saturated carbocycles. The fourth-order valence-electron chi connectivity index (χ4n) is 1.55. The van der Waals surface area contributed by atoms with E-state index in [9.17, 15) is 9.59 Å². The Labute approximate surface area is 101 Å². The summed E-state index contributed by atoms with van der Waals surface area (Å²) >= 11 is 0. The second kappa shape index (κ2) is 5.61. The summed E-state index contributed by atoms with van der Waals surface area (Å²) in [7, 11) is 0. The Bertz CT molecular complexity index is 465. The summed E-state index contributed by atoms with van der Waals surface area (Å²) in [6.07, 6.45) is 0.950. The van der Waals surface area contributed by atoms with Crippen LogP contribution in [0.2, 0.25) is 0 Å². The second-order valence-electron chi connectivity index (χ2n) is 4.27. The summed E-state index contributed by atoms with van der Waals surface area (Å²) in [6, 6.07) is 0.125. The summed E-state index contributed by atoms with van der Waals surface area (Å²) in [6.45, 7) is 7.39. The van der Waals surface area contributed by atoms with Gasteiger partial charge >= 0.3 is 0 Å². The number of amides is 1. The van der Waals surface area contributed by atoms with Crippen LogP contribution < -0.4 is 10.9 Å². The Balaban J connectivity index is 2.82. The van der Waals surface area contributed by atoms with Gasteiger partial charge in [-0.1, -0.05) is 6.92 Å². The molecule has 0 radical (unpaired) electrons. The Morgan fingerprint density at radius 2 is 2.12 bits per heavy atom. The van der Waals surface area contributed by atoms with E-state index < -0.39 is 0 Å². The Kier molecular flexibility index (Phi) is 4.43. The maximum absolute atomic E-state index is 11.7. The molecule has 1 atom stereocenters. The molecule has 1 amide bonds. The average molecular weight is 237 g/mol. The zero-order chi connectivity index (χ0) is 13.0. The van der Waals surface area contributed by atoms with Crippen molar-refractivity contribution in [2.24, 2.45) is 0 Å². The Morgan fingerprint density at radius 3 is 2.65 bits per heavy atom. The second-order valence-corrected chi connectivity index (χ2v) is 4.27. The molecule has 0 saturated heterocycles. The highest BCUT2D eigenvalue weighted by atomic mass is 16.2. The minimum Gasteiger partial charge on any atom is -0.353 e. The van der Waals surface area contributed by atoms with Crippen molar-refractivity contribution in [3.8, 4) is 0 Å². The van der Waals surface area contributed by atoms with Crippen LogP contribution in [0.1, 0.15) is 37.4 Å². The lowest BCUT2D eigenvalue weighted by molar-refractivity contribution is -0.121. The lowest BCUT2D eigenvalue weighted by Crippen LogP contribution is -2.35. The smallest absolute Gasteiger partial charge is 0.254 e. The number of carbonyl (C=O) groups excluding carboxylic acids is 1. The minimum absolute atomic E-state index is 0.0821. The molecule has 0 aromatic carbocycles. The van der Waals surface area contributed by atoms with E-state index in [1.54, 1.807) is 13.8 Å². The molecule has 5 heteroatoms. The Hall–Kier alpha value is -1.65. The number of H-pyrrole nitrogens is 1. The molecule has 0 unspecified atom stereocenters. The monoisotopic (exact) mass is 237 g/mol. The normalized spacial score (nSPS) is 12.2. The largest absolute Gasteiger partial charge is 0.353 e. The average Bonchev–Trinajstić information content (AvgIpc) is 2.23. The summed E-state index contributed by atoms with van der Waals surface area (Å²) in [4.78, 5) is 30.1. The molecule has 1 aromatic heterocycles. The predicted molar refractivity (Wildman–Crippen MR) is 65.9 cm³/mol. The summed E-state index contributed by atoms with van der Waals surface area (Å²) in [5.74, 6) is 0.428. The fourth-order valence-corrected chi connectivity index (χ4v) is 1.55. The van der Waals surface area contributed by atoms with Gasteiger partial charge in [-0.25, -0.2) is 4.98 Å². The Morgan fingerprint density at radius 1 is 1.47 bits per heavy atom. The van der Waals surface area contributed by atoms with Crippen LogP contribution in [-0.2, 0) is 11.2 Å². The van der Waals surface area contributed by atoms with Crippen molar-refractivity contribution in [1.82, 2.24) is 15.3 Å². The molecule has 17 heavy (non-hydrogen) atoms. The van der Waals surface area contributed by atoms with Crippen LogP contribution >= 0.6 is 0 Å².